The van der Waals surface area contributed by atoms with Crippen LogP contribution in [0.3, 0.4) is 0 Å². The minimum atomic E-state index is 0.212. The van der Waals surface area contributed by atoms with Crippen molar-refractivity contribution < 1.29 is 0 Å². The van der Waals surface area contributed by atoms with Crippen molar-refractivity contribution in [3.05, 3.63) is 35.6 Å². The van der Waals surface area contributed by atoms with Crippen molar-refractivity contribution in [1.29, 1.82) is 0 Å². The second-order valence-electron chi connectivity index (χ2n) is 4.56. The summed E-state index contributed by atoms with van der Waals surface area (Å²) in [5.74, 6) is 0. The summed E-state index contributed by atoms with van der Waals surface area (Å²) in [7, 11) is 1.94. The predicted molar refractivity (Wildman–Crippen MR) is 92.8 cm³/mol. The third-order valence-electron chi connectivity index (χ3n) is 3.17. The van der Waals surface area contributed by atoms with Gasteiger partial charge in [-0.05, 0) is 57.0 Å². The van der Waals surface area contributed by atoms with Crippen molar-refractivity contribution in [1.82, 2.24) is 15.1 Å². The van der Waals surface area contributed by atoms with Gasteiger partial charge in [-0.1, -0.05) is 18.5 Å². The fraction of sp³-hybridized carbons (Fsp3) is 0.462. The van der Waals surface area contributed by atoms with E-state index in [-0.39, 0.29) is 6.04 Å². The molecule has 0 aliphatic carbocycles. The molecule has 110 valence electrons. The molecule has 1 atom stereocenters. The molecule has 2 aromatic rings. The molecule has 7 heteroatoms. The van der Waals surface area contributed by atoms with Gasteiger partial charge in [-0.3, -0.25) is 4.68 Å². The van der Waals surface area contributed by atoms with Crippen LogP contribution in [-0.4, -0.2) is 16.3 Å². The molecule has 1 N–H and O–H groups in total. The van der Waals surface area contributed by atoms with Crippen LogP contribution < -0.4 is 5.32 Å². The van der Waals surface area contributed by atoms with Crippen LogP contribution in [0.25, 0.3) is 0 Å². The molecule has 0 radical (unpaired) electrons. The number of halogens is 3. The van der Waals surface area contributed by atoms with Gasteiger partial charge < -0.3 is 5.32 Å². The lowest BCUT2D eigenvalue weighted by molar-refractivity contribution is 0.528. The number of hydrogen-bond donors (Lipinski definition) is 1. The molecule has 0 saturated carbocycles. The lowest BCUT2D eigenvalue weighted by atomic mass is 10.0. The van der Waals surface area contributed by atoms with Crippen LogP contribution in [0.15, 0.2) is 13.6 Å². The molecule has 0 aliphatic rings. The Morgan fingerprint density at radius 2 is 2.20 bits per heavy atom. The molecular weight excluding hydrogens is 425 g/mol. The maximum Gasteiger partial charge on any atom is 0.0847 e. The average molecular weight is 442 g/mol. The normalized spacial score (nSPS) is 12.9. The van der Waals surface area contributed by atoms with Crippen molar-refractivity contribution >= 4 is 54.8 Å². The Bertz CT molecular complexity index is 609. The first-order valence-electron chi connectivity index (χ1n) is 6.30. The summed E-state index contributed by atoms with van der Waals surface area (Å²) < 4.78 is 4.14. The molecule has 3 nitrogen and oxygen atoms in total. The molecule has 20 heavy (non-hydrogen) atoms. The standard InChI is InChI=1S/C13H16Br2ClN3S/c1-4-17-9(8-5-11(14)20-13(8)15)6-10-12(16)7(2)18-19(10)3/h5,9,17H,4,6H2,1-3H3. The summed E-state index contributed by atoms with van der Waals surface area (Å²) in [6.07, 6.45) is 0.811. The van der Waals surface area contributed by atoms with E-state index in [0.717, 1.165) is 36.9 Å². The molecule has 0 saturated heterocycles. The number of nitrogens with zero attached hydrogens (tertiary/aromatic N) is 2. The summed E-state index contributed by atoms with van der Waals surface area (Å²) in [6, 6.07) is 2.36. The van der Waals surface area contributed by atoms with Crippen molar-refractivity contribution in [3.63, 3.8) is 0 Å². The SMILES string of the molecule is CCNC(Cc1c(Cl)c(C)nn1C)c1cc(Br)sc1Br. The van der Waals surface area contributed by atoms with Gasteiger partial charge in [0.2, 0.25) is 0 Å². The van der Waals surface area contributed by atoms with Crippen LogP contribution in [-0.2, 0) is 13.5 Å². The molecule has 0 bridgehead atoms. The topological polar surface area (TPSA) is 29.9 Å². The molecule has 0 spiro atoms. The summed E-state index contributed by atoms with van der Waals surface area (Å²) >= 11 is 15.2. The Morgan fingerprint density at radius 3 is 2.65 bits per heavy atom. The van der Waals surface area contributed by atoms with Crippen LogP contribution in [0.4, 0.5) is 0 Å². The third kappa shape index (κ3) is 3.47. The summed E-state index contributed by atoms with van der Waals surface area (Å²) in [5.41, 5.74) is 3.19. The zero-order valence-corrected chi connectivity index (χ0v) is 16.2. The number of nitrogens with one attached hydrogen (secondary N) is 1. The number of aryl methyl sites for hydroxylation is 2. The zero-order chi connectivity index (χ0) is 14.9. The fourth-order valence-electron chi connectivity index (χ4n) is 2.22. The van der Waals surface area contributed by atoms with Gasteiger partial charge in [-0.2, -0.15) is 5.10 Å². The summed E-state index contributed by atoms with van der Waals surface area (Å²) in [4.78, 5) is 0. The van der Waals surface area contributed by atoms with E-state index in [9.17, 15) is 0 Å². The van der Waals surface area contributed by atoms with Gasteiger partial charge in [0, 0.05) is 19.5 Å². The van der Waals surface area contributed by atoms with Gasteiger partial charge in [0.05, 0.1) is 24.0 Å². The Kier molecular flexibility index (Phi) is 5.71. The van der Waals surface area contributed by atoms with Gasteiger partial charge in [0.25, 0.3) is 0 Å². The van der Waals surface area contributed by atoms with Crippen LogP contribution in [0.2, 0.25) is 5.02 Å². The second kappa shape index (κ2) is 6.92. The smallest absolute Gasteiger partial charge is 0.0847 e. The molecule has 0 amide bonds. The number of hydrogen-bond acceptors (Lipinski definition) is 3. The van der Waals surface area contributed by atoms with Gasteiger partial charge >= 0.3 is 0 Å². The molecular formula is C13H16Br2ClN3S. The molecule has 2 rings (SSSR count). The fourth-order valence-corrected chi connectivity index (χ4v) is 5.44. The van der Waals surface area contributed by atoms with E-state index < -0.39 is 0 Å². The van der Waals surface area contributed by atoms with Gasteiger partial charge in [-0.15, -0.1) is 11.3 Å². The van der Waals surface area contributed by atoms with Gasteiger partial charge in [0.1, 0.15) is 0 Å². The molecule has 0 aromatic carbocycles. The molecule has 0 fully saturated rings. The highest BCUT2D eigenvalue weighted by molar-refractivity contribution is 9.12. The van der Waals surface area contributed by atoms with Crippen LogP contribution in [0, 0.1) is 6.92 Å². The third-order valence-corrected chi connectivity index (χ3v) is 6.05. The monoisotopic (exact) mass is 439 g/mol. The lowest BCUT2D eigenvalue weighted by Gasteiger charge is -2.18. The first-order chi connectivity index (χ1) is 9.43. The van der Waals surface area contributed by atoms with E-state index in [0.29, 0.717) is 0 Å². The number of likely N-dealkylation sites (N-methyl/N-ethyl adjacent to an activating group) is 1. The van der Waals surface area contributed by atoms with Crippen LogP contribution in [0.5, 0.6) is 0 Å². The minimum Gasteiger partial charge on any atom is -0.310 e. The van der Waals surface area contributed by atoms with Gasteiger partial charge in [-0.25, -0.2) is 0 Å². The van der Waals surface area contributed by atoms with Crippen molar-refractivity contribution in [2.45, 2.75) is 26.3 Å². The van der Waals surface area contributed by atoms with Crippen molar-refractivity contribution in [2.75, 3.05) is 6.54 Å². The quantitative estimate of drug-likeness (QED) is 0.718. The summed E-state index contributed by atoms with van der Waals surface area (Å²) in [6.45, 7) is 4.95. The average Bonchev–Trinajstić information content (AvgIpc) is 2.82. The molecule has 0 aliphatic heterocycles. The maximum absolute atomic E-state index is 6.36. The number of aromatic nitrogens is 2. The van der Waals surface area contributed by atoms with Crippen LogP contribution >= 0.6 is 54.8 Å². The first kappa shape index (κ1) is 16.5. The maximum atomic E-state index is 6.36. The van der Waals surface area contributed by atoms with Crippen molar-refractivity contribution in [3.8, 4) is 0 Å². The first-order valence-corrected chi connectivity index (χ1v) is 9.08. The predicted octanol–water partition coefficient (Wildman–Crippen LogP) is 4.86. The second-order valence-corrected chi connectivity index (χ2v) is 8.69. The molecule has 1 unspecified atom stereocenters. The largest absolute Gasteiger partial charge is 0.310 e. The Morgan fingerprint density at radius 1 is 1.50 bits per heavy atom. The Labute approximate surface area is 145 Å². The van der Waals surface area contributed by atoms with E-state index in [1.165, 1.54) is 5.56 Å². The van der Waals surface area contributed by atoms with E-state index in [4.69, 9.17) is 11.6 Å². The van der Waals surface area contributed by atoms with E-state index in [1.54, 1.807) is 11.3 Å². The highest BCUT2D eigenvalue weighted by Crippen LogP contribution is 2.37. The molecule has 2 heterocycles. The Hall–Kier alpha value is 0.120. The Balaban J connectivity index is 2.32. The van der Waals surface area contributed by atoms with Crippen molar-refractivity contribution in [2.24, 2.45) is 7.05 Å². The highest BCUT2D eigenvalue weighted by Gasteiger charge is 2.21. The highest BCUT2D eigenvalue weighted by atomic mass is 79.9. The van der Waals surface area contributed by atoms with Crippen LogP contribution in [0.1, 0.15) is 29.9 Å². The molecule has 2 aromatic heterocycles. The van der Waals surface area contributed by atoms with Gasteiger partial charge in [0.15, 0.2) is 0 Å². The number of rotatable bonds is 5. The van der Waals surface area contributed by atoms with E-state index in [1.807, 2.05) is 18.7 Å². The summed E-state index contributed by atoms with van der Waals surface area (Å²) in [5, 5.41) is 8.67. The lowest BCUT2D eigenvalue weighted by Crippen LogP contribution is -2.23. The van der Waals surface area contributed by atoms with E-state index >= 15 is 0 Å². The number of thiophene rings is 1. The van der Waals surface area contributed by atoms with E-state index in [2.05, 4.69) is 55.3 Å². The zero-order valence-electron chi connectivity index (χ0n) is 11.5. The minimum absolute atomic E-state index is 0.212.